The van der Waals surface area contributed by atoms with E-state index in [4.69, 9.17) is 27.9 Å². The maximum Gasteiger partial charge on any atom is 0.231 e. The van der Waals surface area contributed by atoms with Crippen molar-refractivity contribution in [2.45, 2.75) is 13.3 Å². The summed E-state index contributed by atoms with van der Waals surface area (Å²) in [7, 11) is 0. The minimum absolute atomic E-state index is 0.000943. The van der Waals surface area contributed by atoms with Crippen LogP contribution in [0.5, 0.6) is 5.75 Å². The number of amides is 2. The number of carbonyl (C=O) groups excluding carboxylic acids is 2. The molecule has 1 aliphatic rings. The number of anilines is 2. The highest BCUT2D eigenvalue weighted by molar-refractivity contribution is 6.31. The van der Waals surface area contributed by atoms with E-state index in [-0.39, 0.29) is 24.8 Å². The number of halogens is 2. The molecule has 2 N–H and O–H groups in total. The van der Waals surface area contributed by atoms with Gasteiger partial charge in [0.05, 0.1) is 11.6 Å². The molecule has 0 spiro atoms. The van der Waals surface area contributed by atoms with Gasteiger partial charge < -0.3 is 15.4 Å². The fourth-order valence-corrected chi connectivity index (χ4v) is 2.84. The highest BCUT2D eigenvalue weighted by Crippen LogP contribution is 2.31. The van der Waals surface area contributed by atoms with Crippen molar-refractivity contribution in [3.05, 3.63) is 52.0 Å². The third kappa shape index (κ3) is 4.24. The maximum absolute atomic E-state index is 12.3. The molecule has 130 valence electrons. The van der Waals surface area contributed by atoms with Crippen molar-refractivity contribution in [2.75, 3.05) is 17.2 Å². The molecule has 0 saturated carbocycles. The lowest BCUT2D eigenvalue weighted by atomic mass is 10.1. The van der Waals surface area contributed by atoms with Crippen molar-refractivity contribution < 1.29 is 14.3 Å². The molecule has 5 nitrogen and oxygen atoms in total. The van der Waals surface area contributed by atoms with Gasteiger partial charge in [-0.3, -0.25) is 9.59 Å². The van der Waals surface area contributed by atoms with Gasteiger partial charge in [-0.15, -0.1) is 0 Å². The number of nitrogens with one attached hydrogen (secondary N) is 2. The van der Waals surface area contributed by atoms with Crippen LogP contribution in [0.2, 0.25) is 10.0 Å². The molecule has 0 aliphatic carbocycles. The average Bonchev–Trinajstić information content (AvgIpc) is 2.70. The predicted molar refractivity (Wildman–Crippen MR) is 98.5 cm³/mol. The van der Waals surface area contributed by atoms with Gasteiger partial charge in [0.15, 0.2) is 0 Å². The highest BCUT2D eigenvalue weighted by atomic mass is 35.5. The Labute approximate surface area is 155 Å². The van der Waals surface area contributed by atoms with E-state index in [1.165, 1.54) is 0 Å². The Hall–Kier alpha value is -2.24. The molecule has 7 heteroatoms. The topological polar surface area (TPSA) is 67.4 Å². The lowest BCUT2D eigenvalue weighted by molar-refractivity contribution is -0.125. The lowest BCUT2D eigenvalue weighted by Crippen LogP contribution is -2.29. The fraction of sp³-hybridized carbons (Fsp3) is 0.222. The van der Waals surface area contributed by atoms with Gasteiger partial charge in [-0.1, -0.05) is 29.3 Å². The Balaban J connectivity index is 1.65. The second-order valence-electron chi connectivity index (χ2n) is 5.85. The number of hydrogen-bond acceptors (Lipinski definition) is 3. The number of aryl methyl sites for hydroxylation is 1. The van der Waals surface area contributed by atoms with E-state index in [0.717, 1.165) is 5.56 Å². The molecule has 1 aliphatic heterocycles. The summed E-state index contributed by atoms with van der Waals surface area (Å²) < 4.78 is 5.63. The van der Waals surface area contributed by atoms with Gasteiger partial charge in [-0.05, 0) is 42.8 Å². The summed E-state index contributed by atoms with van der Waals surface area (Å²) in [4.78, 5) is 24.6. The van der Waals surface area contributed by atoms with E-state index in [0.29, 0.717) is 27.2 Å². The molecule has 0 bridgehead atoms. The number of rotatable bonds is 3. The summed E-state index contributed by atoms with van der Waals surface area (Å²) in [6.07, 6.45) is -0.000943. The predicted octanol–water partition coefficient (Wildman–Crippen LogP) is 4.28. The molecule has 3 rings (SSSR count). The van der Waals surface area contributed by atoms with E-state index >= 15 is 0 Å². The van der Waals surface area contributed by atoms with Crippen LogP contribution in [0.25, 0.3) is 0 Å². The van der Waals surface area contributed by atoms with Crippen LogP contribution < -0.4 is 15.4 Å². The van der Waals surface area contributed by atoms with Crippen LogP contribution in [0, 0.1) is 12.8 Å². The summed E-state index contributed by atoms with van der Waals surface area (Å²) in [5, 5.41) is 6.56. The van der Waals surface area contributed by atoms with Gasteiger partial charge in [0.1, 0.15) is 12.4 Å². The number of benzene rings is 2. The molecule has 1 atom stereocenters. The summed E-state index contributed by atoms with van der Waals surface area (Å²) in [6.45, 7) is 1.99. The number of hydrogen-bond donors (Lipinski definition) is 2. The fourth-order valence-electron chi connectivity index (χ4n) is 2.48. The van der Waals surface area contributed by atoms with Crippen molar-refractivity contribution in [1.82, 2.24) is 0 Å². The zero-order chi connectivity index (χ0) is 18.0. The van der Waals surface area contributed by atoms with E-state index in [1.807, 2.05) is 13.0 Å². The smallest absolute Gasteiger partial charge is 0.231 e. The zero-order valence-electron chi connectivity index (χ0n) is 13.4. The number of fused-ring (bicyclic) bond motifs is 1. The first-order valence-electron chi connectivity index (χ1n) is 7.71. The summed E-state index contributed by atoms with van der Waals surface area (Å²) >= 11 is 12.0. The van der Waals surface area contributed by atoms with E-state index in [9.17, 15) is 9.59 Å². The summed E-state index contributed by atoms with van der Waals surface area (Å²) in [5.41, 5.74) is 2.02. The first-order chi connectivity index (χ1) is 11.9. The minimum Gasteiger partial charge on any atom is -0.491 e. The molecule has 0 saturated heterocycles. The van der Waals surface area contributed by atoms with Crippen molar-refractivity contribution >= 4 is 46.4 Å². The van der Waals surface area contributed by atoms with Crippen LogP contribution in [0.4, 0.5) is 11.4 Å². The normalized spacial score (nSPS) is 16.3. The molecular weight excluding hydrogens is 363 g/mol. The van der Waals surface area contributed by atoms with Crippen molar-refractivity contribution in [3.63, 3.8) is 0 Å². The Morgan fingerprint density at radius 1 is 1.28 bits per heavy atom. The van der Waals surface area contributed by atoms with Crippen LogP contribution in [-0.2, 0) is 9.59 Å². The molecule has 2 aromatic carbocycles. The standard InChI is InChI=1S/C18H16Cl2N2O3/c1-10-2-4-13(8-14(10)20)21-17(23)6-11-9-25-16-5-3-12(19)7-15(16)22-18(11)24/h2-5,7-8,11H,6,9H2,1H3,(H,21,23)(H,22,24)/t11-/m1/s1. The molecule has 2 amide bonds. The van der Waals surface area contributed by atoms with Crippen LogP contribution in [0.3, 0.4) is 0 Å². The number of ether oxygens (including phenoxy) is 1. The molecule has 1 heterocycles. The van der Waals surface area contributed by atoms with E-state index < -0.39 is 5.92 Å². The van der Waals surface area contributed by atoms with Gasteiger partial charge >= 0.3 is 0 Å². The molecule has 0 radical (unpaired) electrons. The summed E-state index contributed by atoms with van der Waals surface area (Å²) in [6, 6.07) is 10.2. The van der Waals surface area contributed by atoms with Gasteiger partial charge in [0.25, 0.3) is 0 Å². The van der Waals surface area contributed by atoms with Crippen molar-refractivity contribution in [3.8, 4) is 5.75 Å². The van der Waals surface area contributed by atoms with Gasteiger partial charge in [0.2, 0.25) is 11.8 Å². The first-order valence-corrected chi connectivity index (χ1v) is 8.47. The third-order valence-electron chi connectivity index (χ3n) is 3.90. The molecular formula is C18H16Cl2N2O3. The average molecular weight is 379 g/mol. The second-order valence-corrected chi connectivity index (χ2v) is 6.70. The van der Waals surface area contributed by atoms with Crippen molar-refractivity contribution in [1.29, 1.82) is 0 Å². The zero-order valence-corrected chi connectivity index (χ0v) is 14.9. The molecule has 2 aromatic rings. The Morgan fingerprint density at radius 2 is 2.08 bits per heavy atom. The Morgan fingerprint density at radius 3 is 2.84 bits per heavy atom. The van der Waals surface area contributed by atoms with Crippen LogP contribution in [0.1, 0.15) is 12.0 Å². The van der Waals surface area contributed by atoms with Crippen LogP contribution in [0.15, 0.2) is 36.4 Å². The lowest BCUT2D eigenvalue weighted by Gasteiger charge is -2.13. The largest absolute Gasteiger partial charge is 0.491 e. The molecule has 0 fully saturated rings. The number of carbonyl (C=O) groups is 2. The van der Waals surface area contributed by atoms with E-state index in [1.54, 1.807) is 30.3 Å². The SMILES string of the molecule is Cc1ccc(NC(=O)C[C@@H]2COc3ccc(Cl)cc3NC2=O)cc1Cl. The van der Waals surface area contributed by atoms with Crippen LogP contribution >= 0.6 is 23.2 Å². The van der Waals surface area contributed by atoms with Gasteiger partial charge in [0, 0.05) is 22.2 Å². The molecule has 0 aromatic heterocycles. The Bertz CT molecular complexity index is 839. The van der Waals surface area contributed by atoms with Gasteiger partial charge in [-0.2, -0.15) is 0 Å². The van der Waals surface area contributed by atoms with Gasteiger partial charge in [-0.25, -0.2) is 0 Å². The van der Waals surface area contributed by atoms with E-state index in [2.05, 4.69) is 10.6 Å². The Kier molecular flexibility index (Phi) is 5.16. The first kappa shape index (κ1) is 17.6. The monoisotopic (exact) mass is 378 g/mol. The molecule has 25 heavy (non-hydrogen) atoms. The minimum atomic E-state index is -0.605. The quantitative estimate of drug-likeness (QED) is 0.837. The second kappa shape index (κ2) is 7.33. The van der Waals surface area contributed by atoms with Crippen LogP contribution in [-0.4, -0.2) is 18.4 Å². The summed E-state index contributed by atoms with van der Waals surface area (Å²) in [5.74, 6) is -0.635. The highest BCUT2D eigenvalue weighted by Gasteiger charge is 2.27. The molecule has 0 unspecified atom stereocenters. The maximum atomic E-state index is 12.3. The van der Waals surface area contributed by atoms with Crippen molar-refractivity contribution in [2.24, 2.45) is 5.92 Å². The third-order valence-corrected chi connectivity index (χ3v) is 4.54.